The van der Waals surface area contributed by atoms with Crippen LogP contribution in [0.5, 0.6) is 0 Å². The quantitative estimate of drug-likeness (QED) is 0.623. The number of methoxy groups -OCH3 is 1. The minimum Gasteiger partial charge on any atom is -0.385 e. The molecule has 0 radical (unpaired) electrons. The second kappa shape index (κ2) is 7.36. The average Bonchev–Trinajstić information content (AvgIpc) is 3.11. The molecule has 0 saturated heterocycles. The van der Waals surface area contributed by atoms with Crippen LogP contribution in [-0.2, 0) is 14.3 Å². The second-order valence-corrected chi connectivity index (χ2v) is 5.23. The van der Waals surface area contributed by atoms with Crippen molar-refractivity contribution in [2.45, 2.75) is 26.7 Å². The van der Waals surface area contributed by atoms with Crippen molar-refractivity contribution >= 4 is 11.8 Å². The van der Waals surface area contributed by atoms with E-state index in [0.717, 1.165) is 6.42 Å². The van der Waals surface area contributed by atoms with Crippen LogP contribution in [0.1, 0.15) is 26.7 Å². The molecule has 2 N–H and O–H groups in total. The first kappa shape index (κ1) is 15.0. The summed E-state index contributed by atoms with van der Waals surface area (Å²) in [5.74, 6) is 0.205. The zero-order chi connectivity index (χ0) is 13.5. The molecule has 1 rings (SSSR count). The fourth-order valence-corrected chi connectivity index (χ4v) is 1.77. The number of nitrogens with one attached hydrogen (secondary N) is 2. The molecule has 0 bridgehead atoms. The van der Waals surface area contributed by atoms with Crippen LogP contribution in [0.3, 0.4) is 0 Å². The maximum Gasteiger partial charge on any atom is 0.223 e. The number of hydrogen-bond donors (Lipinski definition) is 2. The minimum atomic E-state index is -0.125. The number of hydrogen-bond acceptors (Lipinski definition) is 3. The molecule has 0 spiro atoms. The summed E-state index contributed by atoms with van der Waals surface area (Å²) < 4.78 is 4.90. The third kappa shape index (κ3) is 5.04. The fraction of sp³-hybridized carbons (Fsp3) is 0.846. The van der Waals surface area contributed by atoms with E-state index in [4.69, 9.17) is 4.74 Å². The Bertz CT molecular complexity index is 292. The monoisotopic (exact) mass is 256 g/mol. The number of carbonyl (C=O) groups is 2. The lowest BCUT2D eigenvalue weighted by Crippen LogP contribution is -2.32. The van der Waals surface area contributed by atoms with Gasteiger partial charge < -0.3 is 15.4 Å². The molecule has 104 valence electrons. The Kier molecular flexibility index (Phi) is 6.12. The molecule has 1 aliphatic rings. The Labute approximate surface area is 109 Å². The van der Waals surface area contributed by atoms with Gasteiger partial charge in [0.15, 0.2) is 0 Å². The van der Waals surface area contributed by atoms with Crippen molar-refractivity contribution < 1.29 is 14.3 Å². The molecule has 1 fully saturated rings. The van der Waals surface area contributed by atoms with Crippen molar-refractivity contribution in [1.82, 2.24) is 10.6 Å². The maximum atomic E-state index is 11.7. The lowest BCUT2D eigenvalue weighted by Gasteiger charge is -2.07. The molecule has 5 nitrogen and oxygen atoms in total. The highest BCUT2D eigenvalue weighted by atomic mass is 16.5. The van der Waals surface area contributed by atoms with E-state index in [0.29, 0.717) is 32.0 Å². The first-order valence-corrected chi connectivity index (χ1v) is 6.60. The van der Waals surface area contributed by atoms with Gasteiger partial charge in [-0.25, -0.2) is 0 Å². The number of ether oxygens (including phenoxy) is 1. The molecule has 2 atom stereocenters. The molecule has 0 aromatic heterocycles. The van der Waals surface area contributed by atoms with Gasteiger partial charge in [-0.3, -0.25) is 9.59 Å². The van der Waals surface area contributed by atoms with Gasteiger partial charge in [-0.05, 0) is 18.8 Å². The normalized spacial score (nSPS) is 21.8. The zero-order valence-corrected chi connectivity index (χ0v) is 11.5. The molecule has 18 heavy (non-hydrogen) atoms. The van der Waals surface area contributed by atoms with Crippen LogP contribution >= 0.6 is 0 Å². The Morgan fingerprint density at radius 3 is 2.39 bits per heavy atom. The Morgan fingerprint density at radius 2 is 1.83 bits per heavy atom. The van der Waals surface area contributed by atoms with E-state index < -0.39 is 0 Å². The van der Waals surface area contributed by atoms with Crippen molar-refractivity contribution in [1.29, 1.82) is 0 Å². The molecule has 1 saturated carbocycles. The molecule has 2 amide bonds. The van der Waals surface area contributed by atoms with E-state index in [2.05, 4.69) is 10.6 Å². The Morgan fingerprint density at radius 1 is 1.22 bits per heavy atom. The summed E-state index contributed by atoms with van der Waals surface area (Å²) in [4.78, 5) is 23.4. The summed E-state index contributed by atoms with van der Waals surface area (Å²) in [6.07, 6.45) is 1.49. The lowest BCUT2D eigenvalue weighted by molar-refractivity contribution is -0.127. The molecule has 0 heterocycles. The summed E-state index contributed by atoms with van der Waals surface area (Å²) in [5.41, 5.74) is 0. The SMILES string of the molecule is COCCCNC(=O)C1CC1C(=O)NCC(C)C. The molecule has 0 aromatic carbocycles. The fourth-order valence-electron chi connectivity index (χ4n) is 1.77. The highest BCUT2D eigenvalue weighted by Crippen LogP contribution is 2.38. The smallest absolute Gasteiger partial charge is 0.223 e. The minimum absolute atomic E-state index is 0.00389. The third-order valence-electron chi connectivity index (χ3n) is 2.97. The van der Waals surface area contributed by atoms with Gasteiger partial charge in [-0.15, -0.1) is 0 Å². The highest BCUT2D eigenvalue weighted by molar-refractivity contribution is 5.92. The Hall–Kier alpha value is -1.10. The predicted molar refractivity (Wildman–Crippen MR) is 68.9 cm³/mol. The van der Waals surface area contributed by atoms with Gasteiger partial charge in [0.05, 0.1) is 11.8 Å². The van der Waals surface area contributed by atoms with E-state index in [1.54, 1.807) is 7.11 Å². The van der Waals surface area contributed by atoms with Crippen LogP contribution in [-0.4, -0.2) is 38.6 Å². The van der Waals surface area contributed by atoms with Crippen molar-refractivity contribution in [3.05, 3.63) is 0 Å². The maximum absolute atomic E-state index is 11.7. The first-order chi connectivity index (χ1) is 8.56. The largest absolute Gasteiger partial charge is 0.385 e. The van der Waals surface area contributed by atoms with E-state index in [9.17, 15) is 9.59 Å². The summed E-state index contributed by atoms with van der Waals surface area (Å²) >= 11 is 0. The number of carbonyl (C=O) groups excluding carboxylic acids is 2. The van der Waals surface area contributed by atoms with Gasteiger partial charge in [0.1, 0.15) is 0 Å². The van der Waals surface area contributed by atoms with Crippen molar-refractivity contribution in [2.75, 3.05) is 26.8 Å². The van der Waals surface area contributed by atoms with Crippen molar-refractivity contribution in [3.8, 4) is 0 Å². The van der Waals surface area contributed by atoms with Crippen LogP contribution in [0.15, 0.2) is 0 Å². The van der Waals surface area contributed by atoms with Gasteiger partial charge >= 0.3 is 0 Å². The Balaban J connectivity index is 2.14. The summed E-state index contributed by atoms with van der Waals surface area (Å²) in [6, 6.07) is 0. The standard InChI is InChI=1S/C13H24N2O3/c1-9(2)8-15-13(17)11-7-10(11)12(16)14-5-4-6-18-3/h9-11H,4-8H2,1-3H3,(H,14,16)(H,15,17). The van der Waals surface area contributed by atoms with Crippen molar-refractivity contribution in [2.24, 2.45) is 17.8 Å². The summed E-state index contributed by atoms with van der Waals surface area (Å²) in [7, 11) is 1.64. The summed E-state index contributed by atoms with van der Waals surface area (Å²) in [5, 5.41) is 5.70. The number of amides is 2. The average molecular weight is 256 g/mol. The van der Waals surface area contributed by atoms with E-state index >= 15 is 0 Å². The van der Waals surface area contributed by atoms with Gasteiger partial charge in [0, 0.05) is 26.8 Å². The molecule has 0 aromatic rings. The topological polar surface area (TPSA) is 67.4 Å². The third-order valence-corrected chi connectivity index (χ3v) is 2.97. The van der Waals surface area contributed by atoms with Crippen molar-refractivity contribution in [3.63, 3.8) is 0 Å². The number of rotatable bonds is 8. The van der Waals surface area contributed by atoms with Crippen LogP contribution in [0.2, 0.25) is 0 Å². The molecular weight excluding hydrogens is 232 g/mol. The molecule has 1 aliphatic carbocycles. The van der Waals surface area contributed by atoms with Crippen LogP contribution < -0.4 is 10.6 Å². The van der Waals surface area contributed by atoms with Crippen LogP contribution in [0, 0.1) is 17.8 Å². The van der Waals surface area contributed by atoms with Gasteiger partial charge in [-0.2, -0.15) is 0 Å². The van der Waals surface area contributed by atoms with Crippen LogP contribution in [0.4, 0.5) is 0 Å². The zero-order valence-electron chi connectivity index (χ0n) is 11.5. The molecule has 0 aliphatic heterocycles. The highest BCUT2D eigenvalue weighted by Gasteiger charge is 2.47. The molecular formula is C13H24N2O3. The van der Waals surface area contributed by atoms with Gasteiger partial charge in [0.2, 0.25) is 11.8 Å². The van der Waals surface area contributed by atoms with Crippen LogP contribution in [0.25, 0.3) is 0 Å². The van der Waals surface area contributed by atoms with E-state index in [1.807, 2.05) is 13.8 Å². The van der Waals surface area contributed by atoms with E-state index in [1.165, 1.54) is 0 Å². The molecule has 2 unspecified atom stereocenters. The van der Waals surface area contributed by atoms with Gasteiger partial charge in [0.25, 0.3) is 0 Å². The van der Waals surface area contributed by atoms with Gasteiger partial charge in [-0.1, -0.05) is 13.8 Å². The first-order valence-electron chi connectivity index (χ1n) is 6.60. The molecule has 5 heteroatoms. The van der Waals surface area contributed by atoms with E-state index in [-0.39, 0.29) is 23.7 Å². The lowest BCUT2D eigenvalue weighted by atomic mass is 10.2. The summed E-state index contributed by atoms with van der Waals surface area (Å²) in [6.45, 7) is 6.03. The second-order valence-electron chi connectivity index (χ2n) is 5.23. The predicted octanol–water partition coefficient (Wildman–Crippen LogP) is 0.547.